The average molecular weight is 316 g/mol. The summed E-state index contributed by atoms with van der Waals surface area (Å²) in [5.41, 5.74) is 0.601. The molecule has 1 N–H and O–H groups in total. The Morgan fingerprint density at radius 1 is 1.30 bits per heavy atom. The average Bonchev–Trinajstić information content (AvgIpc) is 3.08. The SMILES string of the molecule is COC(=O)[C@@](C)(Cc1ccc(OC)c(-n2cccc2)c1)NC=O. The summed E-state index contributed by atoms with van der Waals surface area (Å²) in [7, 11) is 2.90. The van der Waals surface area contributed by atoms with Gasteiger partial charge in [0.1, 0.15) is 11.3 Å². The number of hydrogen-bond donors (Lipinski definition) is 1. The molecule has 1 aromatic carbocycles. The molecule has 1 aromatic heterocycles. The van der Waals surface area contributed by atoms with Crippen LogP contribution in [0.1, 0.15) is 12.5 Å². The zero-order valence-electron chi connectivity index (χ0n) is 13.4. The van der Waals surface area contributed by atoms with Crippen LogP contribution in [0, 0.1) is 0 Å². The van der Waals surface area contributed by atoms with E-state index in [1.165, 1.54) is 7.11 Å². The number of esters is 1. The van der Waals surface area contributed by atoms with Crippen LogP contribution >= 0.6 is 0 Å². The van der Waals surface area contributed by atoms with Crippen LogP contribution in [0.2, 0.25) is 0 Å². The second-order valence-corrected chi connectivity index (χ2v) is 5.36. The maximum absolute atomic E-state index is 12.0. The first-order chi connectivity index (χ1) is 11.0. The highest BCUT2D eigenvalue weighted by Crippen LogP contribution is 2.26. The molecule has 6 heteroatoms. The first-order valence-electron chi connectivity index (χ1n) is 7.14. The van der Waals surface area contributed by atoms with Gasteiger partial charge in [-0.1, -0.05) is 6.07 Å². The van der Waals surface area contributed by atoms with Crippen molar-refractivity contribution in [2.45, 2.75) is 18.9 Å². The van der Waals surface area contributed by atoms with E-state index in [2.05, 4.69) is 5.32 Å². The van der Waals surface area contributed by atoms with E-state index >= 15 is 0 Å². The van der Waals surface area contributed by atoms with Gasteiger partial charge in [-0.15, -0.1) is 0 Å². The van der Waals surface area contributed by atoms with E-state index in [9.17, 15) is 9.59 Å². The van der Waals surface area contributed by atoms with Gasteiger partial charge in [-0.25, -0.2) is 4.79 Å². The largest absolute Gasteiger partial charge is 0.495 e. The highest BCUT2D eigenvalue weighted by atomic mass is 16.5. The highest BCUT2D eigenvalue weighted by Gasteiger charge is 2.34. The molecule has 0 saturated carbocycles. The van der Waals surface area contributed by atoms with Gasteiger partial charge in [0.25, 0.3) is 0 Å². The molecule has 0 aliphatic carbocycles. The molecule has 2 aromatic rings. The quantitative estimate of drug-likeness (QED) is 0.623. The fourth-order valence-electron chi connectivity index (χ4n) is 2.49. The topological polar surface area (TPSA) is 69.6 Å². The number of methoxy groups -OCH3 is 2. The van der Waals surface area contributed by atoms with Crippen LogP contribution < -0.4 is 10.1 Å². The molecule has 0 saturated heterocycles. The molecule has 0 spiro atoms. The Hall–Kier alpha value is -2.76. The predicted molar refractivity (Wildman–Crippen MR) is 85.6 cm³/mol. The first kappa shape index (κ1) is 16.6. The number of nitrogens with zero attached hydrogens (tertiary/aromatic N) is 1. The summed E-state index contributed by atoms with van der Waals surface area (Å²) in [4.78, 5) is 22.8. The van der Waals surface area contributed by atoms with Crippen LogP contribution in [0.15, 0.2) is 42.7 Å². The van der Waals surface area contributed by atoms with E-state index in [0.717, 1.165) is 11.3 Å². The van der Waals surface area contributed by atoms with Crippen LogP contribution in [0.5, 0.6) is 5.75 Å². The lowest BCUT2D eigenvalue weighted by atomic mass is 9.92. The minimum atomic E-state index is -1.13. The Labute approximate surface area is 135 Å². The number of ether oxygens (including phenoxy) is 2. The molecule has 122 valence electrons. The Bertz CT molecular complexity index is 682. The maximum Gasteiger partial charge on any atom is 0.331 e. The smallest absolute Gasteiger partial charge is 0.331 e. The van der Waals surface area contributed by atoms with Gasteiger partial charge in [0, 0.05) is 18.8 Å². The van der Waals surface area contributed by atoms with Crippen molar-refractivity contribution in [3.8, 4) is 11.4 Å². The summed E-state index contributed by atoms with van der Waals surface area (Å²) in [6.45, 7) is 1.63. The molecule has 1 amide bonds. The second-order valence-electron chi connectivity index (χ2n) is 5.36. The van der Waals surface area contributed by atoms with Gasteiger partial charge in [0.05, 0.1) is 19.9 Å². The lowest BCUT2D eigenvalue weighted by Crippen LogP contribution is -2.51. The summed E-state index contributed by atoms with van der Waals surface area (Å²) in [6, 6.07) is 9.45. The molecule has 0 aliphatic rings. The van der Waals surface area contributed by atoms with Gasteiger partial charge in [0.2, 0.25) is 6.41 Å². The molecule has 0 unspecified atom stereocenters. The van der Waals surface area contributed by atoms with Crippen molar-refractivity contribution in [2.24, 2.45) is 0 Å². The normalized spacial score (nSPS) is 13.0. The van der Waals surface area contributed by atoms with E-state index in [1.54, 1.807) is 14.0 Å². The third kappa shape index (κ3) is 3.53. The molecule has 0 fully saturated rings. The van der Waals surface area contributed by atoms with Crippen molar-refractivity contribution in [3.05, 3.63) is 48.3 Å². The number of rotatable bonds is 7. The molecule has 1 atom stereocenters. The first-order valence-corrected chi connectivity index (χ1v) is 7.14. The van der Waals surface area contributed by atoms with Gasteiger partial charge in [-0.05, 0) is 36.8 Å². The Morgan fingerprint density at radius 2 is 2.00 bits per heavy atom. The molecule has 0 aliphatic heterocycles. The second kappa shape index (κ2) is 7.00. The summed E-state index contributed by atoms with van der Waals surface area (Å²) in [6.07, 6.45) is 4.62. The van der Waals surface area contributed by atoms with Crippen molar-refractivity contribution in [1.82, 2.24) is 9.88 Å². The van der Waals surface area contributed by atoms with E-state index in [1.807, 2.05) is 47.3 Å². The highest BCUT2D eigenvalue weighted by molar-refractivity contribution is 5.83. The number of nitrogens with one attached hydrogen (secondary N) is 1. The Morgan fingerprint density at radius 3 is 2.57 bits per heavy atom. The Kier molecular flexibility index (Phi) is 5.05. The molecule has 23 heavy (non-hydrogen) atoms. The molecule has 2 rings (SSSR count). The number of carbonyl (C=O) groups excluding carboxylic acids is 2. The van der Waals surface area contributed by atoms with Crippen LogP contribution in [0.3, 0.4) is 0 Å². The van der Waals surface area contributed by atoms with Crippen LogP contribution in [0.4, 0.5) is 0 Å². The molecule has 1 heterocycles. The van der Waals surface area contributed by atoms with Crippen LogP contribution in [-0.4, -0.2) is 36.7 Å². The summed E-state index contributed by atoms with van der Waals surface area (Å²) in [5, 5.41) is 2.55. The maximum atomic E-state index is 12.0. The molecule has 6 nitrogen and oxygen atoms in total. The van der Waals surface area contributed by atoms with Gasteiger partial charge in [0.15, 0.2) is 0 Å². The van der Waals surface area contributed by atoms with Gasteiger partial charge in [-0.2, -0.15) is 0 Å². The summed E-state index contributed by atoms with van der Waals surface area (Å²) >= 11 is 0. The summed E-state index contributed by atoms with van der Waals surface area (Å²) in [5.74, 6) is 0.219. The zero-order valence-corrected chi connectivity index (χ0v) is 13.4. The number of benzene rings is 1. The fourth-order valence-corrected chi connectivity index (χ4v) is 2.49. The van der Waals surface area contributed by atoms with Crippen molar-refractivity contribution in [3.63, 3.8) is 0 Å². The van der Waals surface area contributed by atoms with Crippen molar-refractivity contribution in [1.29, 1.82) is 0 Å². The van der Waals surface area contributed by atoms with Gasteiger partial charge >= 0.3 is 5.97 Å². The summed E-state index contributed by atoms with van der Waals surface area (Å²) < 4.78 is 12.1. The fraction of sp³-hybridized carbons (Fsp3) is 0.294. The predicted octanol–water partition coefficient (Wildman–Crippen LogP) is 1.71. The lowest BCUT2D eigenvalue weighted by Gasteiger charge is -2.26. The Balaban J connectivity index is 2.38. The standard InChI is InChI=1S/C17H20N2O4/c1-17(18-12-20,16(21)23-3)11-13-6-7-15(22-2)14(10-13)19-8-4-5-9-19/h4-10,12H,11H2,1-3H3,(H,18,20)/t17-/m1/s1. The third-order valence-electron chi connectivity index (χ3n) is 3.70. The molecular formula is C17H20N2O4. The molecule has 0 radical (unpaired) electrons. The van der Waals surface area contributed by atoms with Crippen molar-refractivity contribution < 1.29 is 19.1 Å². The van der Waals surface area contributed by atoms with Crippen LogP contribution in [-0.2, 0) is 20.7 Å². The minimum absolute atomic E-state index is 0.302. The van der Waals surface area contributed by atoms with Gasteiger partial charge < -0.3 is 19.4 Å². The zero-order chi connectivity index (χ0) is 16.9. The monoisotopic (exact) mass is 316 g/mol. The number of hydrogen-bond acceptors (Lipinski definition) is 4. The van der Waals surface area contributed by atoms with E-state index in [0.29, 0.717) is 18.6 Å². The molecule has 0 bridgehead atoms. The number of amides is 1. The van der Waals surface area contributed by atoms with Crippen molar-refractivity contribution in [2.75, 3.05) is 14.2 Å². The number of carbonyl (C=O) groups is 2. The third-order valence-corrected chi connectivity index (χ3v) is 3.70. The number of aromatic nitrogens is 1. The van der Waals surface area contributed by atoms with E-state index in [4.69, 9.17) is 9.47 Å². The van der Waals surface area contributed by atoms with Crippen molar-refractivity contribution >= 4 is 12.4 Å². The lowest BCUT2D eigenvalue weighted by molar-refractivity contribution is -0.148. The van der Waals surface area contributed by atoms with E-state index in [-0.39, 0.29) is 0 Å². The minimum Gasteiger partial charge on any atom is -0.495 e. The van der Waals surface area contributed by atoms with E-state index < -0.39 is 11.5 Å². The van der Waals surface area contributed by atoms with Gasteiger partial charge in [-0.3, -0.25) is 4.79 Å². The van der Waals surface area contributed by atoms with Crippen LogP contribution in [0.25, 0.3) is 5.69 Å². The molecular weight excluding hydrogens is 296 g/mol.